The highest BCUT2D eigenvalue weighted by Crippen LogP contribution is 1.82. The monoisotopic (exact) mass is 106 g/mol. The van der Waals surface area contributed by atoms with Crippen molar-refractivity contribution in [3.05, 3.63) is 5.21 Å². The number of rotatable bonds is 1. The SMILES string of the molecule is CC(C)(O)[NH+](N)[O-]. The summed E-state index contributed by atoms with van der Waals surface area (Å²) >= 11 is 0. The van der Waals surface area contributed by atoms with E-state index in [2.05, 4.69) is 5.84 Å². The van der Waals surface area contributed by atoms with Gasteiger partial charge in [0, 0.05) is 13.8 Å². The maximum absolute atomic E-state index is 9.99. The van der Waals surface area contributed by atoms with Crippen molar-refractivity contribution in [1.82, 2.24) is 0 Å². The Balaban J connectivity index is 3.54. The molecule has 1 atom stereocenters. The van der Waals surface area contributed by atoms with E-state index in [0.717, 1.165) is 0 Å². The van der Waals surface area contributed by atoms with Crippen molar-refractivity contribution in [2.24, 2.45) is 5.84 Å². The van der Waals surface area contributed by atoms with E-state index in [1.807, 2.05) is 0 Å². The number of hydrogen-bond donors (Lipinski definition) is 3. The first-order chi connectivity index (χ1) is 2.94. The molecule has 44 valence electrons. The summed E-state index contributed by atoms with van der Waals surface area (Å²) in [4.78, 5) is 0. The Hall–Kier alpha value is -0.160. The van der Waals surface area contributed by atoms with Crippen LogP contribution in [0.2, 0.25) is 0 Å². The second-order valence-corrected chi connectivity index (χ2v) is 1.92. The highest BCUT2D eigenvalue weighted by atomic mass is 16.6. The van der Waals surface area contributed by atoms with E-state index in [1.165, 1.54) is 13.8 Å². The fourth-order valence-electron chi connectivity index (χ4n) is 0. The standard InChI is InChI=1S/C3H10N2O2/c1-3(2,6)5(4)7/h5-6H,4H2,1-2H3. The van der Waals surface area contributed by atoms with E-state index in [0.29, 0.717) is 0 Å². The summed E-state index contributed by atoms with van der Waals surface area (Å²) in [5, 5.41) is 17.9. The van der Waals surface area contributed by atoms with Crippen molar-refractivity contribution >= 4 is 0 Å². The number of hydroxylamine groups is 1. The Labute approximate surface area is 42.1 Å². The smallest absolute Gasteiger partial charge is 0.210 e. The van der Waals surface area contributed by atoms with E-state index in [9.17, 15) is 5.21 Å². The first kappa shape index (κ1) is 6.84. The lowest BCUT2D eigenvalue weighted by atomic mass is 10.3. The number of nitrogens with two attached hydrogens (primary N) is 1. The van der Waals surface area contributed by atoms with Crippen LogP contribution < -0.4 is 11.0 Å². The topological polar surface area (TPSA) is 73.8 Å². The van der Waals surface area contributed by atoms with Gasteiger partial charge in [-0.1, -0.05) is 0 Å². The Morgan fingerprint density at radius 1 is 1.71 bits per heavy atom. The first-order valence-electron chi connectivity index (χ1n) is 1.97. The van der Waals surface area contributed by atoms with E-state index in [4.69, 9.17) is 5.11 Å². The molecule has 0 aromatic carbocycles. The van der Waals surface area contributed by atoms with Gasteiger partial charge in [-0.25, -0.2) is 0 Å². The molecule has 0 aromatic rings. The van der Waals surface area contributed by atoms with Crippen LogP contribution in [0.1, 0.15) is 13.8 Å². The van der Waals surface area contributed by atoms with E-state index >= 15 is 0 Å². The molecule has 0 radical (unpaired) electrons. The van der Waals surface area contributed by atoms with Crippen molar-refractivity contribution in [2.75, 3.05) is 0 Å². The average Bonchev–Trinajstić information content (AvgIpc) is 1.31. The van der Waals surface area contributed by atoms with Gasteiger partial charge in [-0.05, 0) is 0 Å². The summed E-state index contributed by atoms with van der Waals surface area (Å²) < 4.78 is 0. The molecule has 0 aromatic heterocycles. The fourth-order valence-corrected chi connectivity index (χ4v) is 0. The van der Waals surface area contributed by atoms with Gasteiger partial charge in [0.05, 0.1) is 0 Å². The van der Waals surface area contributed by atoms with Crippen LogP contribution >= 0.6 is 0 Å². The quantitative estimate of drug-likeness (QED) is 0.205. The van der Waals surface area contributed by atoms with Crippen LogP contribution in [0.3, 0.4) is 0 Å². The fraction of sp³-hybridized carbons (Fsp3) is 1.00. The van der Waals surface area contributed by atoms with Crippen molar-refractivity contribution < 1.29 is 10.3 Å². The predicted octanol–water partition coefficient (Wildman–Crippen LogP) is -2.03. The van der Waals surface area contributed by atoms with Gasteiger partial charge in [0.25, 0.3) is 0 Å². The molecule has 0 aliphatic carbocycles. The molecule has 0 saturated carbocycles. The molecule has 0 heterocycles. The molecule has 0 bridgehead atoms. The number of nitrogens with one attached hydrogen (secondary N) is 1. The Morgan fingerprint density at radius 2 is 1.86 bits per heavy atom. The van der Waals surface area contributed by atoms with E-state index in [1.54, 1.807) is 0 Å². The highest BCUT2D eigenvalue weighted by molar-refractivity contribution is 4.40. The highest BCUT2D eigenvalue weighted by Gasteiger charge is 2.16. The number of hydrogen-bond acceptors (Lipinski definition) is 3. The van der Waals surface area contributed by atoms with Crippen LogP contribution in [-0.4, -0.2) is 10.8 Å². The third-order valence-electron chi connectivity index (χ3n) is 0.603. The number of aliphatic hydroxyl groups is 1. The molecule has 0 amide bonds. The molecular formula is C3H10N2O2. The molecule has 0 spiro atoms. The minimum atomic E-state index is -1.36. The van der Waals surface area contributed by atoms with Crippen molar-refractivity contribution in [3.8, 4) is 0 Å². The summed E-state index contributed by atoms with van der Waals surface area (Å²) in [6, 6.07) is 0. The minimum Gasteiger partial charge on any atom is -0.611 e. The molecule has 4 heteroatoms. The van der Waals surface area contributed by atoms with Gasteiger partial charge in [0.1, 0.15) is 0 Å². The second kappa shape index (κ2) is 1.75. The van der Waals surface area contributed by atoms with Crippen LogP contribution in [-0.2, 0) is 0 Å². The Morgan fingerprint density at radius 3 is 1.86 bits per heavy atom. The third kappa shape index (κ3) is 2.52. The van der Waals surface area contributed by atoms with Crippen molar-refractivity contribution in [3.63, 3.8) is 0 Å². The lowest BCUT2D eigenvalue weighted by Crippen LogP contribution is -3.20. The maximum Gasteiger partial charge on any atom is 0.210 e. The van der Waals surface area contributed by atoms with Gasteiger partial charge in [0.15, 0.2) is 0 Å². The Bertz CT molecular complexity index is 56.4. The third-order valence-corrected chi connectivity index (χ3v) is 0.603. The lowest BCUT2D eigenvalue weighted by Gasteiger charge is -2.27. The molecule has 4 N–H and O–H groups in total. The maximum atomic E-state index is 9.99. The lowest BCUT2D eigenvalue weighted by molar-refractivity contribution is -0.940. The molecular weight excluding hydrogens is 96.0 g/mol. The summed E-state index contributed by atoms with van der Waals surface area (Å²) in [7, 11) is 0. The zero-order valence-corrected chi connectivity index (χ0v) is 4.43. The van der Waals surface area contributed by atoms with Crippen LogP contribution in [0.5, 0.6) is 0 Å². The first-order valence-corrected chi connectivity index (χ1v) is 1.97. The van der Waals surface area contributed by atoms with Gasteiger partial charge in [0.2, 0.25) is 5.72 Å². The molecule has 0 fully saturated rings. The zero-order valence-electron chi connectivity index (χ0n) is 4.43. The second-order valence-electron chi connectivity index (χ2n) is 1.92. The normalized spacial score (nSPS) is 16.7. The molecule has 0 rings (SSSR count). The molecule has 0 saturated heterocycles. The molecule has 0 aliphatic rings. The van der Waals surface area contributed by atoms with Gasteiger partial charge in [-0.3, -0.25) is 5.17 Å². The summed E-state index contributed by atoms with van der Waals surface area (Å²) in [6.07, 6.45) is 0. The van der Waals surface area contributed by atoms with Crippen LogP contribution in [0.25, 0.3) is 0 Å². The van der Waals surface area contributed by atoms with E-state index < -0.39 is 10.9 Å². The Kier molecular flexibility index (Phi) is 1.71. The summed E-state index contributed by atoms with van der Waals surface area (Å²) in [5.74, 6) is 4.68. The number of quaternary nitrogens is 1. The average molecular weight is 106 g/mol. The van der Waals surface area contributed by atoms with Crippen molar-refractivity contribution in [1.29, 1.82) is 0 Å². The van der Waals surface area contributed by atoms with Gasteiger partial charge < -0.3 is 10.3 Å². The largest absolute Gasteiger partial charge is 0.611 e. The van der Waals surface area contributed by atoms with Gasteiger partial charge >= 0.3 is 0 Å². The van der Waals surface area contributed by atoms with Crippen LogP contribution in [0.15, 0.2) is 0 Å². The summed E-state index contributed by atoms with van der Waals surface area (Å²) in [5.41, 5.74) is -1.36. The summed E-state index contributed by atoms with van der Waals surface area (Å²) in [6.45, 7) is 2.69. The van der Waals surface area contributed by atoms with Gasteiger partial charge in [-0.15, -0.1) is 0 Å². The molecule has 1 unspecified atom stereocenters. The minimum absolute atomic E-state index is 0.701. The van der Waals surface area contributed by atoms with Crippen LogP contribution in [0.4, 0.5) is 0 Å². The van der Waals surface area contributed by atoms with Crippen molar-refractivity contribution in [2.45, 2.75) is 19.6 Å². The predicted molar refractivity (Wildman–Crippen MR) is 24.8 cm³/mol. The zero-order chi connectivity index (χ0) is 6.08. The van der Waals surface area contributed by atoms with Crippen LogP contribution in [0, 0.1) is 5.21 Å². The molecule has 4 nitrogen and oxygen atoms in total. The van der Waals surface area contributed by atoms with Gasteiger partial charge in [-0.2, -0.15) is 5.84 Å². The molecule has 7 heavy (non-hydrogen) atoms. The van der Waals surface area contributed by atoms with E-state index in [-0.39, 0.29) is 0 Å². The molecule has 0 aliphatic heterocycles.